The lowest BCUT2D eigenvalue weighted by Gasteiger charge is -2.27. The zero-order chi connectivity index (χ0) is 14.1. The van der Waals surface area contributed by atoms with Crippen LogP contribution >= 0.6 is 27.3 Å². The minimum Gasteiger partial charge on any atom is -0.313 e. The van der Waals surface area contributed by atoms with E-state index in [9.17, 15) is 4.79 Å². The lowest BCUT2D eigenvalue weighted by atomic mass is 9.91. The number of hydrogen-bond acceptors (Lipinski definition) is 3. The molecule has 5 heteroatoms. The normalized spacial score (nSPS) is 18.0. The van der Waals surface area contributed by atoms with E-state index in [1.54, 1.807) is 17.4 Å². The number of fused-ring (bicyclic) bond motifs is 1. The Hall–Kier alpha value is -0.910. The predicted molar refractivity (Wildman–Crippen MR) is 86.6 cm³/mol. The van der Waals surface area contributed by atoms with Crippen molar-refractivity contribution in [3.8, 4) is 0 Å². The maximum absolute atomic E-state index is 12.2. The van der Waals surface area contributed by atoms with Crippen LogP contribution < -0.4 is 10.9 Å². The van der Waals surface area contributed by atoms with E-state index in [0.29, 0.717) is 12.6 Å². The number of nitrogens with one attached hydrogen (secondary N) is 1. The smallest absolute Gasteiger partial charge is 0.251 e. The molecule has 0 fully saturated rings. The molecule has 3 nitrogen and oxygen atoms in total. The number of thiophene rings is 1. The van der Waals surface area contributed by atoms with Crippen molar-refractivity contribution in [2.75, 3.05) is 7.05 Å². The van der Waals surface area contributed by atoms with E-state index in [4.69, 9.17) is 0 Å². The van der Waals surface area contributed by atoms with Gasteiger partial charge < -0.3 is 9.88 Å². The van der Waals surface area contributed by atoms with Crippen LogP contribution in [0.5, 0.6) is 0 Å². The number of hydrogen-bond donors (Lipinski definition) is 1. The molecule has 1 aliphatic carbocycles. The number of aromatic nitrogens is 1. The molecule has 1 aliphatic rings. The van der Waals surface area contributed by atoms with Gasteiger partial charge in [0.2, 0.25) is 0 Å². The first-order valence-corrected chi connectivity index (χ1v) is 8.49. The molecule has 1 unspecified atom stereocenters. The highest BCUT2D eigenvalue weighted by Crippen LogP contribution is 2.29. The molecule has 0 aromatic carbocycles. The van der Waals surface area contributed by atoms with Crippen LogP contribution in [-0.2, 0) is 13.0 Å². The average Bonchev–Trinajstić information content (AvgIpc) is 2.86. The molecule has 0 spiro atoms. The molecule has 0 saturated carbocycles. The third-order valence-electron chi connectivity index (χ3n) is 3.90. The van der Waals surface area contributed by atoms with Crippen molar-refractivity contribution in [3.63, 3.8) is 0 Å². The van der Waals surface area contributed by atoms with Crippen LogP contribution in [0.25, 0.3) is 0 Å². The van der Waals surface area contributed by atoms with Crippen molar-refractivity contribution in [2.24, 2.45) is 0 Å². The van der Waals surface area contributed by atoms with Crippen molar-refractivity contribution in [2.45, 2.75) is 31.8 Å². The van der Waals surface area contributed by atoms with E-state index in [1.165, 1.54) is 16.1 Å². The van der Waals surface area contributed by atoms with Gasteiger partial charge in [-0.2, -0.15) is 0 Å². The topological polar surface area (TPSA) is 34.0 Å². The van der Waals surface area contributed by atoms with E-state index in [2.05, 4.69) is 32.7 Å². The second kappa shape index (κ2) is 5.84. The van der Waals surface area contributed by atoms with Crippen LogP contribution in [0.1, 0.15) is 35.0 Å². The third-order valence-corrected chi connectivity index (χ3v) is 5.58. The highest BCUT2D eigenvalue weighted by molar-refractivity contribution is 9.10. The summed E-state index contributed by atoms with van der Waals surface area (Å²) in [4.78, 5) is 13.4. The summed E-state index contributed by atoms with van der Waals surface area (Å²) >= 11 is 5.16. The van der Waals surface area contributed by atoms with Gasteiger partial charge in [-0.3, -0.25) is 4.79 Å². The number of pyridine rings is 1. The Balaban J connectivity index is 2.04. The molecule has 2 aromatic rings. The highest BCUT2D eigenvalue weighted by atomic mass is 79.9. The summed E-state index contributed by atoms with van der Waals surface area (Å²) in [5, 5.41) is 5.42. The molecular weight excluding hydrogens is 336 g/mol. The minimum atomic E-state index is 0.102. The second-order valence-corrected chi connectivity index (χ2v) is 7.04. The summed E-state index contributed by atoms with van der Waals surface area (Å²) < 4.78 is 3.03. The van der Waals surface area contributed by atoms with Gasteiger partial charge in [-0.15, -0.1) is 11.3 Å². The fourth-order valence-electron chi connectivity index (χ4n) is 2.93. The Morgan fingerprint density at radius 2 is 2.35 bits per heavy atom. The molecule has 0 bridgehead atoms. The van der Waals surface area contributed by atoms with Crippen LogP contribution in [0.4, 0.5) is 0 Å². The fourth-order valence-corrected chi connectivity index (χ4v) is 4.37. The second-order valence-electron chi connectivity index (χ2n) is 5.12. The molecule has 0 aliphatic heterocycles. The van der Waals surface area contributed by atoms with Crippen molar-refractivity contribution in [1.82, 2.24) is 9.88 Å². The Labute approximate surface area is 130 Å². The Morgan fingerprint density at radius 1 is 1.50 bits per heavy atom. The molecule has 1 atom stereocenters. The quantitative estimate of drug-likeness (QED) is 0.919. The summed E-state index contributed by atoms with van der Waals surface area (Å²) in [6, 6.07) is 6.17. The van der Waals surface area contributed by atoms with Crippen molar-refractivity contribution >= 4 is 27.3 Å². The van der Waals surface area contributed by atoms with E-state index in [0.717, 1.165) is 23.7 Å². The lowest BCUT2D eigenvalue weighted by molar-refractivity contribution is 0.473. The van der Waals surface area contributed by atoms with Gasteiger partial charge >= 0.3 is 0 Å². The van der Waals surface area contributed by atoms with Gasteiger partial charge in [-0.25, -0.2) is 0 Å². The molecule has 2 aromatic heterocycles. The zero-order valence-corrected chi connectivity index (χ0v) is 13.8. The minimum absolute atomic E-state index is 0.102. The third kappa shape index (κ3) is 2.62. The summed E-state index contributed by atoms with van der Waals surface area (Å²) in [5.74, 6) is 0. The first-order chi connectivity index (χ1) is 9.69. The highest BCUT2D eigenvalue weighted by Gasteiger charge is 2.22. The first kappa shape index (κ1) is 14.0. The van der Waals surface area contributed by atoms with Gasteiger partial charge in [0.05, 0.1) is 6.54 Å². The summed E-state index contributed by atoms with van der Waals surface area (Å²) in [5.41, 5.74) is 2.59. The van der Waals surface area contributed by atoms with Gasteiger partial charge in [-0.05, 0) is 53.9 Å². The lowest BCUT2D eigenvalue weighted by Crippen LogP contribution is -2.30. The Morgan fingerprint density at radius 3 is 3.05 bits per heavy atom. The van der Waals surface area contributed by atoms with E-state index in [1.807, 2.05) is 17.7 Å². The average molecular weight is 353 g/mol. The zero-order valence-electron chi connectivity index (χ0n) is 11.4. The van der Waals surface area contributed by atoms with E-state index in [-0.39, 0.29) is 5.56 Å². The van der Waals surface area contributed by atoms with Gasteiger partial charge in [0, 0.05) is 32.5 Å². The first-order valence-electron chi connectivity index (χ1n) is 6.82. The largest absolute Gasteiger partial charge is 0.313 e. The monoisotopic (exact) mass is 352 g/mol. The van der Waals surface area contributed by atoms with E-state index >= 15 is 0 Å². The standard InChI is InChI=1S/C15H17BrN2OS/c1-17-13-3-2-4-14-12(13)5-6-15(19)18(14)8-11-7-10(16)9-20-11/h5-7,9,13,17H,2-4,8H2,1H3. The molecule has 3 rings (SSSR count). The van der Waals surface area contributed by atoms with Crippen LogP contribution in [0.2, 0.25) is 0 Å². The van der Waals surface area contributed by atoms with Crippen molar-refractivity contribution in [1.29, 1.82) is 0 Å². The van der Waals surface area contributed by atoms with Gasteiger partial charge in [0.15, 0.2) is 0 Å². The van der Waals surface area contributed by atoms with Crippen molar-refractivity contribution < 1.29 is 0 Å². The number of rotatable bonds is 3. The predicted octanol–water partition coefficient (Wildman–Crippen LogP) is 3.32. The summed E-state index contributed by atoms with van der Waals surface area (Å²) in [6.07, 6.45) is 3.28. The maximum Gasteiger partial charge on any atom is 0.251 e. The molecular formula is C15H17BrN2OS. The SMILES string of the molecule is CNC1CCCc2c1ccc(=O)n2Cc1cc(Br)cs1. The molecule has 106 valence electrons. The van der Waals surface area contributed by atoms with Crippen molar-refractivity contribution in [3.05, 3.63) is 54.5 Å². The van der Waals surface area contributed by atoms with Crippen LogP contribution in [0.3, 0.4) is 0 Å². The van der Waals surface area contributed by atoms with Gasteiger partial charge in [0.1, 0.15) is 0 Å². The Kier molecular flexibility index (Phi) is 4.10. The molecule has 0 amide bonds. The maximum atomic E-state index is 12.2. The summed E-state index contributed by atoms with van der Waals surface area (Å²) in [6.45, 7) is 0.675. The number of halogens is 1. The Bertz CT molecular complexity index is 677. The molecule has 1 N–H and O–H groups in total. The summed E-state index contributed by atoms with van der Waals surface area (Å²) in [7, 11) is 1.99. The molecule has 20 heavy (non-hydrogen) atoms. The van der Waals surface area contributed by atoms with Crippen LogP contribution in [-0.4, -0.2) is 11.6 Å². The van der Waals surface area contributed by atoms with E-state index < -0.39 is 0 Å². The molecule has 0 radical (unpaired) electrons. The molecule has 0 saturated heterocycles. The number of nitrogens with zero attached hydrogens (tertiary/aromatic N) is 1. The van der Waals surface area contributed by atoms with Gasteiger partial charge in [0.25, 0.3) is 5.56 Å². The molecule has 2 heterocycles. The fraction of sp³-hybridized carbons (Fsp3) is 0.400. The van der Waals surface area contributed by atoms with Gasteiger partial charge in [-0.1, -0.05) is 6.07 Å². The van der Waals surface area contributed by atoms with Crippen LogP contribution in [0.15, 0.2) is 32.8 Å². The van der Waals surface area contributed by atoms with Crippen LogP contribution in [0, 0.1) is 0 Å².